The summed E-state index contributed by atoms with van der Waals surface area (Å²) in [6.45, 7) is 0.577. The van der Waals surface area contributed by atoms with Gasteiger partial charge in [0.25, 0.3) is 0 Å². The summed E-state index contributed by atoms with van der Waals surface area (Å²) in [4.78, 5) is 14.0. The summed E-state index contributed by atoms with van der Waals surface area (Å²) >= 11 is 1.20. The molecule has 0 fully saturated rings. The number of aromatic nitrogens is 1. The molecule has 1 aromatic heterocycles. The Bertz CT molecular complexity index is 530. The first-order valence-corrected chi connectivity index (χ1v) is 5.46. The van der Waals surface area contributed by atoms with Crippen LogP contribution in [-0.4, -0.2) is 18.6 Å². The molecule has 0 aliphatic rings. The van der Waals surface area contributed by atoms with Gasteiger partial charge in [0.1, 0.15) is 11.3 Å². The van der Waals surface area contributed by atoms with Crippen molar-refractivity contribution in [3.05, 3.63) is 27.4 Å². The zero-order valence-electron chi connectivity index (χ0n) is 8.37. The molecule has 2 rings (SSSR count). The predicted octanol–water partition coefficient (Wildman–Crippen LogP) is 1.10. The molecule has 5 heteroatoms. The van der Waals surface area contributed by atoms with E-state index in [4.69, 9.17) is 10.5 Å². The third-order valence-corrected chi connectivity index (χ3v) is 3.21. The lowest BCUT2D eigenvalue weighted by molar-refractivity contribution is 0.419. The summed E-state index contributed by atoms with van der Waals surface area (Å²) in [5.74, 6) is 0.698. The van der Waals surface area contributed by atoms with Gasteiger partial charge < -0.3 is 15.5 Å². The van der Waals surface area contributed by atoms with Crippen LogP contribution in [0.5, 0.6) is 5.75 Å². The van der Waals surface area contributed by atoms with E-state index in [-0.39, 0.29) is 4.87 Å². The number of hydrogen-bond acceptors (Lipinski definition) is 4. The van der Waals surface area contributed by atoms with E-state index in [0.717, 1.165) is 22.2 Å². The van der Waals surface area contributed by atoms with Crippen LogP contribution < -0.4 is 15.3 Å². The van der Waals surface area contributed by atoms with Gasteiger partial charge in [-0.25, -0.2) is 0 Å². The van der Waals surface area contributed by atoms with E-state index in [1.54, 1.807) is 7.11 Å². The molecule has 4 nitrogen and oxygen atoms in total. The van der Waals surface area contributed by atoms with Crippen LogP contribution in [0.4, 0.5) is 0 Å². The number of nitrogens with two attached hydrogens (primary N) is 1. The fourth-order valence-corrected chi connectivity index (χ4v) is 2.48. The lowest BCUT2D eigenvalue weighted by Gasteiger charge is -2.04. The molecule has 0 saturated carbocycles. The summed E-state index contributed by atoms with van der Waals surface area (Å²) in [7, 11) is 1.59. The Kier molecular flexibility index (Phi) is 2.75. The standard InChI is InChI=1S/C10H12N2O2S/c1-14-7-3-2-6(4-5-11)9-8(7)12-10(13)15-9/h2-3H,4-5,11H2,1H3,(H,12,13). The van der Waals surface area contributed by atoms with Crippen LogP contribution in [0.15, 0.2) is 16.9 Å². The highest BCUT2D eigenvalue weighted by Gasteiger charge is 2.09. The molecule has 0 spiro atoms. The lowest BCUT2D eigenvalue weighted by Crippen LogP contribution is -2.02. The van der Waals surface area contributed by atoms with Gasteiger partial charge in [0, 0.05) is 0 Å². The van der Waals surface area contributed by atoms with Crippen LogP contribution in [0.2, 0.25) is 0 Å². The fourth-order valence-electron chi connectivity index (χ4n) is 1.59. The highest BCUT2D eigenvalue weighted by molar-refractivity contribution is 7.16. The Labute approximate surface area is 90.7 Å². The zero-order chi connectivity index (χ0) is 10.8. The van der Waals surface area contributed by atoms with Gasteiger partial charge in [-0.1, -0.05) is 17.4 Å². The Balaban J connectivity index is 2.70. The van der Waals surface area contributed by atoms with Crippen LogP contribution in [-0.2, 0) is 6.42 Å². The number of benzene rings is 1. The van der Waals surface area contributed by atoms with Gasteiger partial charge in [-0.3, -0.25) is 4.79 Å². The molecule has 0 radical (unpaired) electrons. The SMILES string of the molecule is COc1ccc(CCN)c2sc(=O)[nH]c12. The van der Waals surface area contributed by atoms with Crippen molar-refractivity contribution in [2.45, 2.75) is 6.42 Å². The van der Waals surface area contributed by atoms with Gasteiger partial charge in [0.05, 0.1) is 11.8 Å². The summed E-state index contributed by atoms with van der Waals surface area (Å²) < 4.78 is 6.13. The summed E-state index contributed by atoms with van der Waals surface area (Å²) in [5.41, 5.74) is 7.38. The third-order valence-electron chi connectivity index (χ3n) is 2.26. The number of H-pyrrole nitrogens is 1. The number of rotatable bonds is 3. The second kappa shape index (κ2) is 4.04. The molecule has 0 bridgehead atoms. The highest BCUT2D eigenvalue weighted by atomic mass is 32.1. The lowest BCUT2D eigenvalue weighted by atomic mass is 10.1. The Morgan fingerprint density at radius 3 is 3.00 bits per heavy atom. The average molecular weight is 224 g/mol. The average Bonchev–Trinajstić information content (AvgIpc) is 2.61. The van der Waals surface area contributed by atoms with Crippen LogP contribution in [0.25, 0.3) is 10.2 Å². The molecule has 0 saturated heterocycles. The topological polar surface area (TPSA) is 68.1 Å². The summed E-state index contributed by atoms with van der Waals surface area (Å²) in [6.07, 6.45) is 0.772. The van der Waals surface area contributed by atoms with Gasteiger partial charge >= 0.3 is 4.87 Å². The summed E-state index contributed by atoms with van der Waals surface area (Å²) in [6, 6.07) is 3.81. The Hall–Kier alpha value is -1.33. The molecule has 2 aromatic rings. The molecule has 15 heavy (non-hydrogen) atoms. The first-order valence-electron chi connectivity index (χ1n) is 4.65. The van der Waals surface area contributed by atoms with Crippen LogP contribution >= 0.6 is 11.3 Å². The Morgan fingerprint density at radius 2 is 2.33 bits per heavy atom. The maximum Gasteiger partial charge on any atom is 0.305 e. The maximum atomic E-state index is 11.3. The minimum absolute atomic E-state index is 0.0622. The molecule has 0 amide bonds. The van der Waals surface area contributed by atoms with Crippen LogP contribution in [0.3, 0.4) is 0 Å². The number of ether oxygens (including phenoxy) is 1. The second-order valence-corrected chi connectivity index (χ2v) is 4.17. The second-order valence-electron chi connectivity index (χ2n) is 3.18. The quantitative estimate of drug-likeness (QED) is 0.820. The van der Waals surface area contributed by atoms with Crippen molar-refractivity contribution in [1.29, 1.82) is 0 Å². The molecular formula is C10H12N2O2S. The molecule has 1 aromatic carbocycles. The molecule has 0 aliphatic carbocycles. The van der Waals surface area contributed by atoms with Crippen molar-refractivity contribution < 1.29 is 4.74 Å². The van der Waals surface area contributed by atoms with E-state index in [1.807, 2.05) is 12.1 Å². The van der Waals surface area contributed by atoms with Gasteiger partial charge in [0.2, 0.25) is 0 Å². The van der Waals surface area contributed by atoms with Crippen molar-refractivity contribution in [2.75, 3.05) is 13.7 Å². The Morgan fingerprint density at radius 1 is 1.53 bits per heavy atom. The van der Waals surface area contributed by atoms with E-state index < -0.39 is 0 Å². The van der Waals surface area contributed by atoms with E-state index >= 15 is 0 Å². The number of thiazole rings is 1. The summed E-state index contributed by atoms with van der Waals surface area (Å²) in [5, 5.41) is 0. The van der Waals surface area contributed by atoms with E-state index in [1.165, 1.54) is 11.3 Å². The molecule has 0 aliphatic heterocycles. The monoisotopic (exact) mass is 224 g/mol. The first-order chi connectivity index (χ1) is 7.26. The van der Waals surface area contributed by atoms with Gasteiger partial charge in [-0.05, 0) is 24.6 Å². The highest BCUT2D eigenvalue weighted by Crippen LogP contribution is 2.28. The van der Waals surface area contributed by atoms with Crippen molar-refractivity contribution >= 4 is 21.6 Å². The van der Waals surface area contributed by atoms with Crippen LogP contribution in [0.1, 0.15) is 5.56 Å². The van der Waals surface area contributed by atoms with E-state index in [0.29, 0.717) is 12.3 Å². The predicted molar refractivity (Wildman–Crippen MR) is 61.8 cm³/mol. The van der Waals surface area contributed by atoms with Gasteiger partial charge in [-0.2, -0.15) is 0 Å². The number of methoxy groups -OCH3 is 1. The van der Waals surface area contributed by atoms with Crippen molar-refractivity contribution in [3.63, 3.8) is 0 Å². The molecule has 0 unspecified atom stereocenters. The van der Waals surface area contributed by atoms with Gasteiger partial charge in [-0.15, -0.1) is 0 Å². The number of aromatic amines is 1. The first kappa shape index (κ1) is 10.2. The number of hydrogen-bond donors (Lipinski definition) is 2. The smallest absolute Gasteiger partial charge is 0.305 e. The van der Waals surface area contributed by atoms with Crippen molar-refractivity contribution in [2.24, 2.45) is 5.73 Å². The fraction of sp³-hybridized carbons (Fsp3) is 0.300. The molecule has 1 heterocycles. The van der Waals surface area contributed by atoms with Crippen LogP contribution in [0, 0.1) is 0 Å². The minimum atomic E-state index is -0.0622. The molecule has 80 valence electrons. The molecule has 0 atom stereocenters. The van der Waals surface area contributed by atoms with E-state index in [2.05, 4.69) is 4.98 Å². The minimum Gasteiger partial charge on any atom is -0.495 e. The normalized spacial score (nSPS) is 10.8. The molecule has 3 N–H and O–H groups in total. The van der Waals surface area contributed by atoms with Crippen molar-refractivity contribution in [1.82, 2.24) is 4.98 Å². The maximum absolute atomic E-state index is 11.3. The largest absolute Gasteiger partial charge is 0.495 e. The number of fused-ring (bicyclic) bond motifs is 1. The third kappa shape index (κ3) is 1.75. The van der Waals surface area contributed by atoms with Crippen molar-refractivity contribution in [3.8, 4) is 5.75 Å². The zero-order valence-corrected chi connectivity index (χ0v) is 9.19. The number of nitrogens with one attached hydrogen (secondary N) is 1. The molecular weight excluding hydrogens is 212 g/mol. The van der Waals surface area contributed by atoms with E-state index in [9.17, 15) is 4.79 Å². The van der Waals surface area contributed by atoms with Gasteiger partial charge in [0.15, 0.2) is 0 Å².